The van der Waals surface area contributed by atoms with E-state index in [1.54, 1.807) is 0 Å². The van der Waals surface area contributed by atoms with Crippen molar-refractivity contribution in [1.82, 2.24) is 4.98 Å². The molecule has 0 aromatic carbocycles. The van der Waals surface area contributed by atoms with Gasteiger partial charge in [-0.3, -0.25) is 4.79 Å². The van der Waals surface area contributed by atoms with E-state index in [4.69, 9.17) is 5.26 Å². The molecular formula is C9H8N2O3. The van der Waals surface area contributed by atoms with Crippen LogP contribution in [0.15, 0.2) is 12.1 Å². The van der Waals surface area contributed by atoms with E-state index in [-0.39, 0.29) is 23.6 Å². The number of nitriles is 1. The quantitative estimate of drug-likeness (QED) is 0.684. The number of aromatic nitrogens is 1. The van der Waals surface area contributed by atoms with E-state index >= 15 is 0 Å². The first kappa shape index (κ1) is 9.99. The number of esters is 1. The maximum absolute atomic E-state index is 10.9. The van der Waals surface area contributed by atoms with Crippen molar-refractivity contribution in [3.8, 4) is 11.8 Å². The fraction of sp³-hybridized carbons (Fsp3) is 0.222. The van der Waals surface area contributed by atoms with Crippen LogP contribution >= 0.6 is 0 Å². The highest BCUT2D eigenvalue weighted by molar-refractivity contribution is 5.72. The van der Waals surface area contributed by atoms with Gasteiger partial charge in [0.1, 0.15) is 17.5 Å². The highest BCUT2D eigenvalue weighted by Gasteiger charge is 2.09. The first-order valence-corrected chi connectivity index (χ1v) is 3.83. The summed E-state index contributed by atoms with van der Waals surface area (Å²) >= 11 is 0. The van der Waals surface area contributed by atoms with Gasteiger partial charge in [-0.05, 0) is 12.1 Å². The van der Waals surface area contributed by atoms with Crippen molar-refractivity contribution in [3.05, 3.63) is 23.5 Å². The van der Waals surface area contributed by atoms with Gasteiger partial charge in [0.15, 0.2) is 0 Å². The molecule has 1 N–H and O–H groups in total. The monoisotopic (exact) mass is 192 g/mol. The smallest absolute Gasteiger partial charge is 0.311 e. The highest BCUT2D eigenvalue weighted by Crippen LogP contribution is 2.15. The standard InChI is InChI=1S/C9H8N2O3/c1-14-9(13)4-7-8(12)3-2-6(5-10)11-7/h2-3,12H,4H2,1H3. The van der Waals surface area contributed by atoms with E-state index in [0.29, 0.717) is 0 Å². The lowest BCUT2D eigenvalue weighted by molar-refractivity contribution is -0.139. The second-order valence-electron chi connectivity index (χ2n) is 2.53. The summed E-state index contributed by atoms with van der Waals surface area (Å²) in [4.78, 5) is 14.6. The van der Waals surface area contributed by atoms with Gasteiger partial charge < -0.3 is 9.84 Å². The Morgan fingerprint density at radius 3 is 3.00 bits per heavy atom. The van der Waals surface area contributed by atoms with E-state index in [0.717, 1.165) is 0 Å². The fourth-order valence-corrected chi connectivity index (χ4v) is 0.895. The molecule has 0 fully saturated rings. The molecular weight excluding hydrogens is 184 g/mol. The molecule has 0 amide bonds. The van der Waals surface area contributed by atoms with E-state index in [1.807, 2.05) is 6.07 Å². The summed E-state index contributed by atoms with van der Waals surface area (Å²) in [7, 11) is 1.24. The number of methoxy groups -OCH3 is 1. The molecule has 72 valence electrons. The molecule has 5 nitrogen and oxygen atoms in total. The van der Waals surface area contributed by atoms with Crippen LogP contribution < -0.4 is 0 Å². The van der Waals surface area contributed by atoms with Crippen LogP contribution in [-0.2, 0) is 16.0 Å². The third-order valence-electron chi connectivity index (χ3n) is 1.60. The number of hydrogen-bond acceptors (Lipinski definition) is 5. The molecule has 0 aliphatic rings. The number of rotatable bonds is 2. The second-order valence-corrected chi connectivity index (χ2v) is 2.53. The molecule has 0 saturated carbocycles. The average Bonchev–Trinajstić information content (AvgIpc) is 2.21. The summed E-state index contributed by atoms with van der Waals surface area (Å²) in [6, 6.07) is 4.51. The first-order chi connectivity index (χ1) is 6.67. The fourth-order valence-electron chi connectivity index (χ4n) is 0.895. The van der Waals surface area contributed by atoms with Gasteiger partial charge in [-0.1, -0.05) is 0 Å². The van der Waals surface area contributed by atoms with Crippen LogP contribution in [0.3, 0.4) is 0 Å². The summed E-state index contributed by atoms with van der Waals surface area (Å²) in [5.41, 5.74) is 0.303. The molecule has 0 radical (unpaired) electrons. The Morgan fingerprint density at radius 1 is 1.71 bits per heavy atom. The maximum atomic E-state index is 10.9. The molecule has 1 rings (SSSR count). The lowest BCUT2D eigenvalue weighted by Crippen LogP contribution is -2.06. The SMILES string of the molecule is COC(=O)Cc1nc(C#N)ccc1O. The molecule has 0 spiro atoms. The zero-order chi connectivity index (χ0) is 10.6. The number of aromatic hydroxyl groups is 1. The van der Waals surface area contributed by atoms with E-state index in [9.17, 15) is 9.90 Å². The van der Waals surface area contributed by atoms with Crippen LogP contribution in [0.5, 0.6) is 5.75 Å². The Morgan fingerprint density at radius 2 is 2.43 bits per heavy atom. The first-order valence-electron chi connectivity index (χ1n) is 3.83. The minimum atomic E-state index is -0.511. The normalized spacial score (nSPS) is 9.14. The Labute approximate surface area is 80.6 Å². The minimum absolute atomic E-state index is 0.116. The number of hydrogen-bond donors (Lipinski definition) is 1. The van der Waals surface area contributed by atoms with Crippen molar-refractivity contribution in [1.29, 1.82) is 5.26 Å². The van der Waals surface area contributed by atoms with Crippen molar-refractivity contribution < 1.29 is 14.6 Å². The molecule has 5 heteroatoms. The molecule has 1 heterocycles. The zero-order valence-electron chi connectivity index (χ0n) is 7.52. The van der Waals surface area contributed by atoms with Gasteiger partial charge in [-0.2, -0.15) is 5.26 Å². The average molecular weight is 192 g/mol. The van der Waals surface area contributed by atoms with E-state index in [2.05, 4.69) is 9.72 Å². The summed E-state index contributed by atoms with van der Waals surface area (Å²) in [5, 5.41) is 17.8. The van der Waals surface area contributed by atoms with Crippen LogP contribution in [0.2, 0.25) is 0 Å². The molecule has 0 saturated heterocycles. The van der Waals surface area contributed by atoms with Crippen molar-refractivity contribution >= 4 is 5.97 Å². The topological polar surface area (TPSA) is 83.2 Å². The molecule has 0 aliphatic heterocycles. The molecule has 14 heavy (non-hydrogen) atoms. The third-order valence-corrected chi connectivity index (χ3v) is 1.60. The molecule has 0 bridgehead atoms. The Bertz CT molecular complexity index is 396. The molecule has 0 atom stereocenters. The van der Waals surface area contributed by atoms with Gasteiger partial charge in [0.25, 0.3) is 0 Å². The Kier molecular flexibility index (Phi) is 3.02. The second kappa shape index (κ2) is 4.23. The molecule has 1 aromatic heterocycles. The predicted molar refractivity (Wildman–Crippen MR) is 46.3 cm³/mol. The maximum Gasteiger partial charge on any atom is 0.311 e. The van der Waals surface area contributed by atoms with Crippen LogP contribution in [-0.4, -0.2) is 23.2 Å². The largest absolute Gasteiger partial charge is 0.506 e. The Balaban J connectivity index is 2.96. The lowest BCUT2D eigenvalue weighted by atomic mass is 10.2. The number of carbonyl (C=O) groups is 1. The summed E-state index contributed by atoms with van der Waals surface area (Å²) < 4.78 is 4.41. The third kappa shape index (κ3) is 2.20. The van der Waals surface area contributed by atoms with Crippen molar-refractivity contribution in [2.24, 2.45) is 0 Å². The number of ether oxygens (including phenoxy) is 1. The van der Waals surface area contributed by atoms with Gasteiger partial charge in [0.05, 0.1) is 19.2 Å². The van der Waals surface area contributed by atoms with E-state index in [1.165, 1.54) is 19.2 Å². The van der Waals surface area contributed by atoms with Gasteiger partial charge in [0, 0.05) is 0 Å². The molecule has 0 aliphatic carbocycles. The minimum Gasteiger partial charge on any atom is -0.506 e. The van der Waals surface area contributed by atoms with Gasteiger partial charge in [-0.25, -0.2) is 4.98 Å². The van der Waals surface area contributed by atoms with Crippen molar-refractivity contribution in [2.45, 2.75) is 6.42 Å². The zero-order valence-corrected chi connectivity index (χ0v) is 7.52. The molecule has 1 aromatic rings. The molecule has 0 unspecified atom stereocenters. The van der Waals surface area contributed by atoms with Gasteiger partial charge >= 0.3 is 5.97 Å². The van der Waals surface area contributed by atoms with Crippen LogP contribution in [0.25, 0.3) is 0 Å². The summed E-state index contributed by atoms with van der Waals surface area (Å²) in [6.45, 7) is 0. The van der Waals surface area contributed by atoms with Crippen molar-refractivity contribution in [2.75, 3.05) is 7.11 Å². The van der Waals surface area contributed by atoms with Crippen LogP contribution in [0.4, 0.5) is 0 Å². The summed E-state index contributed by atoms with van der Waals surface area (Å²) in [6.07, 6.45) is -0.141. The number of nitrogens with zero attached hydrogens (tertiary/aromatic N) is 2. The van der Waals surface area contributed by atoms with E-state index < -0.39 is 5.97 Å². The number of carbonyl (C=O) groups excluding carboxylic acids is 1. The Hall–Kier alpha value is -2.09. The van der Waals surface area contributed by atoms with Gasteiger partial charge in [0.2, 0.25) is 0 Å². The number of pyridine rings is 1. The van der Waals surface area contributed by atoms with Crippen LogP contribution in [0.1, 0.15) is 11.4 Å². The highest BCUT2D eigenvalue weighted by atomic mass is 16.5. The predicted octanol–water partition coefficient (Wildman–Crippen LogP) is 0.374. The van der Waals surface area contributed by atoms with Gasteiger partial charge in [-0.15, -0.1) is 0 Å². The van der Waals surface area contributed by atoms with Crippen molar-refractivity contribution in [3.63, 3.8) is 0 Å². The summed E-state index contributed by atoms with van der Waals surface area (Å²) in [5.74, 6) is -0.628. The lowest BCUT2D eigenvalue weighted by Gasteiger charge is -2.01. The van der Waals surface area contributed by atoms with Crippen LogP contribution in [0, 0.1) is 11.3 Å².